The Labute approximate surface area is 174 Å². The molecule has 2 N–H and O–H groups in total. The topological polar surface area (TPSA) is 97.2 Å². The number of nitrogens with one attached hydrogen (secondary N) is 2. The molecule has 0 fully saturated rings. The molecule has 30 heavy (non-hydrogen) atoms. The van der Waals surface area contributed by atoms with E-state index in [9.17, 15) is 4.79 Å². The van der Waals surface area contributed by atoms with Crippen LogP contribution in [0.5, 0.6) is 5.75 Å². The molecule has 0 aliphatic heterocycles. The number of fused-ring (bicyclic) bond motifs is 1. The largest absolute Gasteiger partial charge is 0.497 e. The van der Waals surface area contributed by atoms with Gasteiger partial charge in [-0.05, 0) is 48.7 Å². The lowest BCUT2D eigenvalue weighted by Crippen LogP contribution is -2.31. The van der Waals surface area contributed by atoms with Gasteiger partial charge in [-0.3, -0.25) is 14.3 Å². The minimum atomic E-state index is -0.284. The number of hydrogen-bond donors (Lipinski definition) is 2. The quantitative estimate of drug-likeness (QED) is 0.490. The van der Waals surface area contributed by atoms with Gasteiger partial charge in [0, 0.05) is 11.8 Å². The summed E-state index contributed by atoms with van der Waals surface area (Å²) < 4.78 is 7.12. The number of ether oxygens (including phenoxy) is 1. The molecule has 8 heteroatoms. The summed E-state index contributed by atoms with van der Waals surface area (Å²) in [5.41, 5.74) is 2.73. The van der Waals surface area contributed by atoms with E-state index in [0.29, 0.717) is 23.0 Å². The maximum absolute atomic E-state index is 13.2. The average Bonchev–Trinajstić information content (AvgIpc) is 3.40. The molecular formula is C22H24N6O2. The van der Waals surface area contributed by atoms with Crippen molar-refractivity contribution in [1.29, 1.82) is 0 Å². The molecule has 4 rings (SSSR count). The molecule has 0 saturated carbocycles. The molecule has 3 aromatic heterocycles. The molecule has 154 valence electrons. The number of rotatable bonds is 7. The number of hydrogen-bond acceptors (Lipinski definition) is 5. The molecule has 1 aromatic carbocycles. The molecule has 0 bridgehead atoms. The Morgan fingerprint density at radius 3 is 2.70 bits per heavy atom. The number of methoxy groups -OCH3 is 1. The van der Waals surface area contributed by atoms with Gasteiger partial charge in [-0.2, -0.15) is 5.10 Å². The van der Waals surface area contributed by atoms with E-state index in [1.807, 2.05) is 53.1 Å². The SMILES string of the molecule is COc1ccc(-c2[nH]ncc2C(=O)NC(CC(C)C)c2nnc3ccccn23)cc1. The Morgan fingerprint density at radius 1 is 1.17 bits per heavy atom. The van der Waals surface area contributed by atoms with Gasteiger partial charge in [0.2, 0.25) is 0 Å². The number of nitrogens with zero attached hydrogens (tertiary/aromatic N) is 4. The molecule has 1 atom stereocenters. The lowest BCUT2D eigenvalue weighted by Gasteiger charge is -2.19. The van der Waals surface area contributed by atoms with Crippen molar-refractivity contribution in [2.45, 2.75) is 26.3 Å². The zero-order chi connectivity index (χ0) is 21.1. The predicted molar refractivity (Wildman–Crippen MR) is 113 cm³/mol. The molecule has 0 radical (unpaired) electrons. The van der Waals surface area contributed by atoms with Gasteiger partial charge in [0.1, 0.15) is 5.75 Å². The van der Waals surface area contributed by atoms with Gasteiger partial charge in [0.05, 0.1) is 30.6 Å². The second-order valence-electron chi connectivity index (χ2n) is 7.53. The maximum Gasteiger partial charge on any atom is 0.255 e. The Kier molecular flexibility index (Phi) is 5.47. The summed E-state index contributed by atoms with van der Waals surface area (Å²) in [5.74, 6) is 1.60. The Hall–Kier alpha value is -3.68. The van der Waals surface area contributed by atoms with Crippen molar-refractivity contribution in [1.82, 2.24) is 30.1 Å². The first-order chi connectivity index (χ1) is 14.6. The van der Waals surface area contributed by atoms with Crippen molar-refractivity contribution in [3.05, 3.63) is 66.2 Å². The lowest BCUT2D eigenvalue weighted by molar-refractivity contribution is 0.0930. The summed E-state index contributed by atoms with van der Waals surface area (Å²) in [6, 6.07) is 12.9. The second-order valence-corrected chi connectivity index (χ2v) is 7.53. The van der Waals surface area contributed by atoms with Crippen LogP contribution in [0.2, 0.25) is 0 Å². The van der Waals surface area contributed by atoms with Gasteiger partial charge in [-0.25, -0.2) is 0 Å². The van der Waals surface area contributed by atoms with Crippen LogP contribution in [0.1, 0.15) is 42.5 Å². The van der Waals surface area contributed by atoms with Crippen molar-refractivity contribution >= 4 is 11.6 Å². The summed E-state index contributed by atoms with van der Waals surface area (Å²) in [6.45, 7) is 4.23. The minimum absolute atomic E-state index is 0.215. The molecule has 4 aromatic rings. The highest BCUT2D eigenvalue weighted by atomic mass is 16.5. The van der Waals surface area contributed by atoms with Crippen LogP contribution in [-0.2, 0) is 0 Å². The average molecular weight is 404 g/mol. The third-order valence-electron chi connectivity index (χ3n) is 4.93. The smallest absolute Gasteiger partial charge is 0.255 e. The number of H-pyrrole nitrogens is 1. The van der Waals surface area contributed by atoms with Gasteiger partial charge in [0.25, 0.3) is 5.91 Å². The van der Waals surface area contributed by atoms with Crippen molar-refractivity contribution in [2.75, 3.05) is 7.11 Å². The van der Waals surface area contributed by atoms with Gasteiger partial charge < -0.3 is 10.1 Å². The first-order valence-electron chi connectivity index (χ1n) is 9.85. The van der Waals surface area contributed by atoms with Crippen molar-refractivity contribution in [3.63, 3.8) is 0 Å². The normalized spacial score (nSPS) is 12.3. The van der Waals surface area contributed by atoms with Gasteiger partial charge in [-0.15, -0.1) is 10.2 Å². The van der Waals surface area contributed by atoms with E-state index in [1.165, 1.54) is 0 Å². The van der Waals surface area contributed by atoms with Crippen molar-refractivity contribution in [2.24, 2.45) is 5.92 Å². The molecule has 8 nitrogen and oxygen atoms in total. The van der Waals surface area contributed by atoms with E-state index < -0.39 is 0 Å². The van der Waals surface area contributed by atoms with Crippen LogP contribution in [0.3, 0.4) is 0 Å². The monoisotopic (exact) mass is 404 g/mol. The van der Waals surface area contributed by atoms with E-state index in [4.69, 9.17) is 4.74 Å². The molecular weight excluding hydrogens is 380 g/mol. The highest BCUT2D eigenvalue weighted by Crippen LogP contribution is 2.26. The van der Waals surface area contributed by atoms with E-state index in [0.717, 1.165) is 23.4 Å². The molecule has 3 heterocycles. The zero-order valence-corrected chi connectivity index (χ0v) is 17.2. The number of aromatic nitrogens is 5. The second kappa shape index (κ2) is 8.36. The van der Waals surface area contributed by atoms with Crippen LogP contribution < -0.4 is 10.1 Å². The molecule has 0 aliphatic rings. The number of benzene rings is 1. The van der Waals surface area contributed by atoms with E-state index >= 15 is 0 Å². The van der Waals surface area contributed by atoms with Crippen molar-refractivity contribution < 1.29 is 9.53 Å². The number of amides is 1. The summed E-state index contributed by atoms with van der Waals surface area (Å²) in [4.78, 5) is 13.2. The van der Waals surface area contributed by atoms with E-state index in [-0.39, 0.29) is 11.9 Å². The Morgan fingerprint density at radius 2 is 1.97 bits per heavy atom. The number of aromatic amines is 1. The Balaban J connectivity index is 1.63. The van der Waals surface area contributed by atoms with Gasteiger partial charge in [0.15, 0.2) is 11.5 Å². The summed E-state index contributed by atoms with van der Waals surface area (Å²) >= 11 is 0. The maximum atomic E-state index is 13.2. The van der Waals surface area contributed by atoms with E-state index in [1.54, 1.807) is 13.3 Å². The lowest BCUT2D eigenvalue weighted by atomic mass is 10.0. The highest BCUT2D eigenvalue weighted by molar-refractivity contribution is 5.99. The number of carbonyl (C=O) groups is 1. The fourth-order valence-electron chi connectivity index (χ4n) is 3.47. The van der Waals surface area contributed by atoms with Crippen LogP contribution in [0, 0.1) is 5.92 Å². The molecule has 0 aliphatic carbocycles. The van der Waals surface area contributed by atoms with Crippen molar-refractivity contribution in [3.8, 4) is 17.0 Å². The Bertz CT molecular complexity index is 1150. The van der Waals surface area contributed by atoms with Crippen LogP contribution >= 0.6 is 0 Å². The third-order valence-corrected chi connectivity index (χ3v) is 4.93. The zero-order valence-electron chi connectivity index (χ0n) is 17.2. The first-order valence-corrected chi connectivity index (χ1v) is 9.85. The number of pyridine rings is 1. The fraction of sp³-hybridized carbons (Fsp3) is 0.273. The van der Waals surface area contributed by atoms with Gasteiger partial charge >= 0.3 is 0 Å². The fourth-order valence-corrected chi connectivity index (χ4v) is 3.47. The molecule has 0 spiro atoms. The summed E-state index contributed by atoms with van der Waals surface area (Å²) in [7, 11) is 1.62. The third kappa shape index (κ3) is 3.89. The summed E-state index contributed by atoms with van der Waals surface area (Å²) in [6.07, 6.45) is 4.19. The minimum Gasteiger partial charge on any atom is -0.497 e. The van der Waals surface area contributed by atoms with Gasteiger partial charge in [-0.1, -0.05) is 19.9 Å². The van der Waals surface area contributed by atoms with Crippen LogP contribution in [-0.4, -0.2) is 37.8 Å². The van der Waals surface area contributed by atoms with E-state index in [2.05, 4.69) is 39.6 Å². The molecule has 1 amide bonds. The summed E-state index contributed by atoms with van der Waals surface area (Å²) in [5, 5.41) is 18.7. The highest BCUT2D eigenvalue weighted by Gasteiger charge is 2.24. The molecule has 0 saturated heterocycles. The van der Waals surface area contributed by atoms with Crippen LogP contribution in [0.4, 0.5) is 0 Å². The predicted octanol–water partition coefficient (Wildman–Crippen LogP) is 3.65. The molecule has 1 unspecified atom stereocenters. The first kappa shape index (κ1) is 19.6. The van der Waals surface area contributed by atoms with Crippen LogP contribution in [0.25, 0.3) is 16.9 Å². The van der Waals surface area contributed by atoms with Crippen LogP contribution in [0.15, 0.2) is 54.9 Å². The number of carbonyl (C=O) groups excluding carboxylic acids is 1. The standard InChI is InChI=1S/C22H24N6O2/c1-14(2)12-18(21-27-25-19-6-4-5-11-28(19)21)24-22(29)17-13-23-26-20(17)15-7-9-16(30-3)10-8-15/h4-11,13-14,18H,12H2,1-3H3,(H,23,26)(H,24,29).